The van der Waals surface area contributed by atoms with Crippen molar-refractivity contribution in [2.24, 2.45) is 5.10 Å². The second kappa shape index (κ2) is 7.87. The first-order valence-electron chi connectivity index (χ1n) is 7.60. The number of halogens is 1. The van der Waals surface area contributed by atoms with Crippen molar-refractivity contribution < 1.29 is 23.8 Å². The van der Waals surface area contributed by atoms with Gasteiger partial charge in [0.25, 0.3) is 5.91 Å². The van der Waals surface area contributed by atoms with Crippen LogP contribution in [0.3, 0.4) is 0 Å². The molecule has 0 aliphatic carbocycles. The molecule has 1 atom stereocenters. The maximum atomic E-state index is 14.1. The fraction of sp³-hybridized carbons (Fsp3) is 0.438. The molecule has 2 N–H and O–H groups in total. The molecule has 0 saturated carbocycles. The average molecular weight is 337 g/mol. The van der Waals surface area contributed by atoms with Gasteiger partial charge in [-0.2, -0.15) is 5.10 Å². The minimum Gasteiger partial charge on any atom is -0.496 e. The summed E-state index contributed by atoms with van der Waals surface area (Å²) in [6.45, 7) is 1.43. The van der Waals surface area contributed by atoms with Crippen LogP contribution < -0.4 is 10.1 Å². The Morgan fingerprint density at radius 2 is 2.25 bits per heavy atom. The van der Waals surface area contributed by atoms with Gasteiger partial charge in [0, 0.05) is 12.8 Å². The predicted molar refractivity (Wildman–Crippen MR) is 85.0 cm³/mol. The van der Waals surface area contributed by atoms with Gasteiger partial charge >= 0.3 is 0 Å². The molecule has 2 amide bonds. The van der Waals surface area contributed by atoms with Gasteiger partial charge in [0.15, 0.2) is 0 Å². The van der Waals surface area contributed by atoms with Gasteiger partial charge in [-0.25, -0.2) is 9.40 Å². The normalized spacial score (nSPS) is 15.8. The number of carbonyl (C=O) groups excluding carboxylic acids is 2. The molecule has 1 heterocycles. The van der Waals surface area contributed by atoms with Crippen LogP contribution in [0.5, 0.6) is 5.75 Å². The van der Waals surface area contributed by atoms with E-state index in [0.29, 0.717) is 5.75 Å². The Balaban J connectivity index is 2.15. The predicted octanol–water partition coefficient (Wildman–Crippen LogP) is 0.982. The molecule has 0 saturated heterocycles. The van der Waals surface area contributed by atoms with Crippen LogP contribution >= 0.6 is 0 Å². The molecule has 1 aliphatic heterocycles. The molecule has 2 rings (SSSR count). The van der Waals surface area contributed by atoms with E-state index in [-0.39, 0.29) is 43.2 Å². The van der Waals surface area contributed by atoms with Gasteiger partial charge in [0.2, 0.25) is 5.91 Å². The van der Waals surface area contributed by atoms with Crippen molar-refractivity contribution in [1.82, 2.24) is 10.3 Å². The summed E-state index contributed by atoms with van der Waals surface area (Å²) in [7, 11) is 1.43. The molecule has 8 heteroatoms. The molecule has 130 valence electrons. The summed E-state index contributed by atoms with van der Waals surface area (Å²) in [5, 5.41) is 16.6. The molecule has 1 aliphatic rings. The summed E-state index contributed by atoms with van der Waals surface area (Å²) in [6, 6.07) is 3.79. The number of hydrogen-bond acceptors (Lipinski definition) is 5. The van der Waals surface area contributed by atoms with Crippen LogP contribution in [0.2, 0.25) is 0 Å². The average Bonchev–Trinajstić information content (AvgIpc) is 2.56. The van der Waals surface area contributed by atoms with Crippen LogP contribution in [-0.4, -0.2) is 47.9 Å². The van der Waals surface area contributed by atoms with Gasteiger partial charge < -0.3 is 15.2 Å². The number of methoxy groups -OCH3 is 1. The van der Waals surface area contributed by atoms with E-state index in [4.69, 9.17) is 9.84 Å². The van der Waals surface area contributed by atoms with Gasteiger partial charge in [0.05, 0.1) is 31.9 Å². The minimum absolute atomic E-state index is 0.0340. The number of hydrogen-bond donors (Lipinski definition) is 2. The summed E-state index contributed by atoms with van der Waals surface area (Å²) in [5.74, 6) is -0.872. The Morgan fingerprint density at radius 1 is 1.50 bits per heavy atom. The lowest BCUT2D eigenvalue weighted by molar-refractivity contribution is -0.132. The van der Waals surface area contributed by atoms with Crippen molar-refractivity contribution in [3.8, 4) is 5.75 Å². The highest BCUT2D eigenvalue weighted by molar-refractivity contribution is 6.39. The number of β-amino-alcohol motifs (C(OH)–C–C–N with tert-alkyl or cyclic N) is 1. The number of nitrogens with one attached hydrogen (secondary N) is 1. The Labute approximate surface area is 139 Å². The number of ether oxygens (including phenoxy) is 1. The molecule has 0 fully saturated rings. The molecule has 0 radical (unpaired) electrons. The van der Waals surface area contributed by atoms with Crippen molar-refractivity contribution in [1.29, 1.82) is 0 Å². The fourth-order valence-corrected chi connectivity index (χ4v) is 2.50. The fourth-order valence-electron chi connectivity index (χ4n) is 2.50. The van der Waals surface area contributed by atoms with Gasteiger partial charge in [-0.3, -0.25) is 9.59 Å². The summed E-state index contributed by atoms with van der Waals surface area (Å²) in [6.07, 6.45) is 0.345. The topological polar surface area (TPSA) is 91.2 Å². The number of benzene rings is 1. The lowest BCUT2D eigenvalue weighted by Crippen LogP contribution is -2.40. The number of aliphatic hydroxyl groups excluding tert-OH is 1. The Bertz CT molecular complexity index is 663. The number of hydrazone groups is 1. The van der Waals surface area contributed by atoms with Crippen molar-refractivity contribution in [3.63, 3.8) is 0 Å². The van der Waals surface area contributed by atoms with Crippen molar-refractivity contribution in [3.05, 3.63) is 29.6 Å². The van der Waals surface area contributed by atoms with E-state index in [0.717, 1.165) is 5.01 Å². The SMILES string of the molecule is COc1cccc(F)c1C(C)NC(=O)C1=NN(CCO)C(=O)CC1. The van der Waals surface area contributed by atoms with E-state index in [1.165, 1.54) is 19.2 Å². The zero-order valence-corrected chi connectivity index (χ0v) is 13.6. The second-order valence-corrected chi connectivity index (χ2v) is 5.34. The summed E-state index contributed by atoms with van der Waals surface area (Å²) in [4.78, 5) is 24.0. The first-order valence-corrected chi connectivity index (χ1v) is 7.60. The van der Waals surface area contributed by atoms with Crippen molar-refractivity contribution in [2.45, 2.75) is 25.8 Å². The second-order valence-electron chi connectivity index (χ2n) is 5.34. The first-order chi connectivity index (χ1) is 11.5. The Kier molecular flexibility index (Phi) is 5.86. The zero-order valence-electron chi connectivity index (χ0n) is 13.6. The lowest BCUT2D eigenvalue weighted by Gasteiger charge is -2.23. The molecular formula is C16H20FN3O4. The third-order valence-electron chi connectivity index (χ3n) is 3.69. The molecule has 0 bridgehead atoms. The van der Waals surface area contributed by atoms with E-state index in [1.807, 2.05) is 0 Å². The highest BCUT2D eigenvalue weighted by Gasteiger charge is 2.26. The zero-order chi connectivity index (χ0) is 17.7. The summed E-state index contributed by atoms with van der Waals surface area (Å²) >= 11 is 0. The quantitative estimate of drug-likeness (QED) is 0.810. The van der Waals surface area contributed by atoms with Crippen LogP contribution in [0.15, 0.2) is 23.3 Å². The standard InChI is InChI=1S/C16H20FN3O4/c1-10(15-11(17)4-3-5-13(15)24-2)18-16(23)12-6-7-14(22)20(19-12)8-9-21/h3-5,10,21H,6-9H2,1-2H3,(H,18,23). The van der Waals surface area contributed by atoms with Crippen LogP contribution in [0, 0.1) is 5.82 Å². The third kappa shape index (κ3) is 3.88. The maximum Gasteiger partial charge on any atom is 0.267 e. The third-order valence-corrected chi connectivity index (χ3v) is 3.69. The van der Waals surface area contributed by atoms with Crippen molar-refractivity contribution in [2.75, 3.05) is 20.3 Å². The summed E-state index contributed by atoms with van der Waals surface area (Å²) in [5.41, 5.74) is 0.415. The molecule has 1 unspecified atom stereocenters. The highest BCUT2D eigenvalue weighted by atomic mass is 19.1. The van der Waals surface area contributed by atoms with Crippen LogP contribution in [0.4, 0.5) is 4.39 Å². The highest BCUT2D eigenvalue weighted by Crippen LogP contribution is 2.27. The lowest BCUT2D eigenvalue weighted by atomic mass is 10.1. The van der Waals surface area contributed by atoms with E-state index in [1.54, 1.807) is 13.0 Å². The van der Waals surface area contributed by atoms with Gasteiger partial charge in [-0.15, -0.1) is 0 Å². The Morgan fingerprint density at radius 3 is 2.92 bits per heavy atom. The number of aliphatic hydroxyl groups is 1. The molecule has 7 nitrogen and oxygen atoms in total. The number of carbonyl (C=O) groups is 2. The smallest absolute Gasteiger partial charge is 0.267 e. The van der Waals surface area contributed by atoms with Crippen LogP contribution in [-0.2, 0) is 9.59 Å². The monoisotopic (exact) mass is 337 g/mol. The molecule has 0 spiro atoms. The maximum absolute atomic E-state index is 14.1. The Hall–Kier alpha value is -2.48. The molecule has 1 aromatic rings. The van der Waals surface area contributed by atoms with Gasteiger partial charge in [0.1, 0.15) is 17.3 Å². The van der Waals surface area contributed by atoms with Gasteiger partial charge in [-0.05, 0) is 19.1 Å². The number of rotatable bonds is 6. The molecular weight excluding hydrogens is 317 g/mol. The molecule has 0 aromatic heterocycles. The molecule has 24 heavy (non-hydrogen) atoms. The van der Waals surface area contributed by atoms with Gasteiger partial charge in [-0.1, -0.05) is 6.07 Å². The van der Waals surface area contributed by atoms with E-state index < -0.39 is 17.8 Å². The minimum atomic E-state index is -0.639. The van der Waals surface area contributed by atoms with Crippen LogP contribution in [0.1, 0.15) is 31.4 Å². The largest absolute Gasteiger partial charge is 0.496 e. The summed E-state index contributed by atoms with van der Waals surface area (Å²) < 4.78 is 19.2. The van der Waals surface area contributed by atoms with Crippen LogP contribution in [0.25, 0.3) is 0 Å². The van der Waals surface area contributed by atoms with E-state index in [9.17, 15) is 14.0 Å². The number of nitrogens with zero attached hydrogens (tertiary/aromatic N) is 2. The van der Waals surface area contributed by atoms with E-state index >= 15 is 0 Å². The van der Waals surface area contributed by atoms with E-state index in [2.05, 4.69) is 10.4 Å². The molecule has 1 aromatic carbocycles. The number of amides is 2. The first kappa shape index (κ1) is 17.9. The van der Waals surface area contributed by atoms with Crippen molar-refractivity contribution >= 4 is 17.5 Å².